The molecule has 2 aromatic rings. The fourth-order valence-electron chi connectivity index (χ4n) is 2.04. The Bertz CT molecular complexity index is 635. The van der Waals surface area contributed by atoms with Gasteiger partial charge in [0.25, 0.3) is 0 Å². The summed E-state index contributed by atoms with van der Waals surface area (Å²) >= 11 is 0. The Morgan fingerprint density at radius 2 is 1.90 bits per heavy atom. The van der Waals surface area contributed by atoms with Crippen LogP contribution in [0.2, 0.25) is 0 Å². The number of nitriles is 1. The van der Waals surface area contributed by atoms with E-state index in [2.05, 4.69) is 18.3 Å². The third-order valence-electron chi connectivity index (χ3n) is 3.11. The molecule has 108 valence electrons. The molecule has 21 heavy (non-hydrogen) atoms. The molecule has 1 N–H and O–H groups in total. The van der Waals surface area contributed by atoms with E-state index in [0.717, 1.165) is 17.0 Å². The van der Waals surface area contributed by atoms with Crippen molar-refractivity contribution in [3.8, 4) is 17.6 Å². The van der Waals surface area contributed by atoms with Crippen LogP contribution in [0.5, 0.6) is 11.5 Å². The maximum atomic E-state index is 8.54. The molecule has 2 aromatic carbocycles. The zero-order valence-electron chi connectivity index (χ0n) is 12.2. The fraction of sp³-hybridized carbons (Fsp3) is 0.235. The molecule has 4 heteroatoms. The molecule has 0 fully saturated rings. The van der Waals surface area contributed by atoms with Crippen LogP contribution in [0, 0.1) is 11.3 Å². The van der Waals surface area contributed by atoms with Crippen molar-refractivity contribution in [1.82, 2.24) is 0 Å². The van der Waals surface area contributed by atoms with Crippen LogP contribution in [-0.2, 0) is 0 Å². The zero-order valence-corrected chi connectivity index (χ0v) is 12.2. The fourth-order valence-corrected chi connectivity index (χ4v) is 2.04. The second kappa shape index (κ2) is 7.20. The molecule has 0 aliphatic rings. The molecule has 0 saturated carbocycles. The van der Waals surface area contributed by atoms with Crippen LogP contribution in [0.1, 0.15) is 18.5 Å². The summed E-state index contributed by atoms with van der Waals surface area (Å²) in [6.45, 7) is 2.13. The summed E-state index contributed by atoms with van der Waals surface area (Å²) in [6.07, 6.45) is 0. The van der Waals surface area contributed by atoms with Gasteiger partial charge in [0.05, 0.1) is 7.11 Å². The SMILES string of the molecule is COc1cccc(C(C)Nc2cccc(OCC#N)c2)c1. The molecule has 0 amide bonds. The van der Waals surface area contributed by atoms with Crippen molar-refractivity contribution >= 4 is 5.69 Å². The molecule has 0 saturated heterocycles. The van der Waals surface area contributed by atoms with Gasteiger partial charge in [0.2, 0.25) is 0 Å². The quantitative estimate of drug-likeness (QED) is 0.876. The maximum absolute atomic E-state index is 8.54. The van der Waals surface area contributed by atoms with E-state index in [1.807, 2.05) is 48.5 Å². The van der Waals surface area contributed by atoms with E-state index in [9.17, 15) is 0 Å². The number of methoxy groups -OCH3 is 1. The first kappa shape index (κ1) is 14.7. The molecule has 0 spiro atoms. The number of benzene rings is 2. The summed E-state index contributed by atoms with van der Waals surface area (Å²) < 4.78 is 10.5. The van der Waals surface area contributed by atoms with Crippen LogP contribution < -0.4 is 14.8 Å². The first-order valence-corrected chi connectivity index (χ1v) is 6.73. The molecule has 0 aromatic heterocycles. The summed E-state index contributed by atoms with van der Waals surface area (Å²) in [5, 5.41) is 11.9. The van der Waals surface area contributed by atoms with E-state index in [1.54, 1.807) is 7.11 Å². The van der Waals surface area contributed by atoms with Gasteiger partial charge >= 0.3 is 0 Å². The van der Waals surface area contributed by atoms with Gasteiger partial charge in [-0.25, -0.2) is 0 Å². The molecule has 4 nitrogen and oxygen atoms in total. The molecule has 2 rings (SSSR count). The highest BCUT2D eigenvalue weighted by Crippen LogP contribution is 2.24. The monoisotopic (exact) mass is 282 g/mol. The summed E-state index contributed by atoms with van der Waals surface area (Å²) in [5.74, 6) is 1.52. The van der Waals surface area contributed by atoms with Crippen molar-refractivity contribution in [2.24, 2.45) is 0 Å². The summed E-state index contributed by atoms with van der Waals surface area (Å²) in [7, 11) is 1.66. The van der Waals surface area contributed by atoms with Crippen LogP contribution in [0.4, 0.5) is 5.69 Å². The van der Waals surface area contributed by atoms with Crippen molar-refractivity contribution in [3.63, 3.8) is 0 Å². The Balaban J connectivity index is 2.08. The Morgan fingerprint density at radius 3 is 2.67 bits per heavy atom. The van der Waals surface area contributed by atoms with Gasteiger partial charge in [-0.1, -0.05) is 18.2 Å². The molecule has 0 aliphatic heterocycles. The van der Waals surface area contributed by atoms with Gasteiger partial charge in [0.15, 0.2) is 6.61 Å². The first-order chi connectivity index (χ1) is 10.2. The van der Waals surface area contributed by atoms with E-state index >= 15 is 0 Å². The van der Waals surface area contributed by atoms with Gasteiger partial charge in [0, 0.05) is 17.8 Å². The zero-order chi connectivity index (χ0) is 15.1. The van der Waals surface area contributed by atoms with Gasteiger partial charge in [-0.15, -0.1) is 0 Å². The molecule has 0 aliphatic carbocycles. The number of nitrogens with zero attached hydrogens (tertiary/aromatic N) is 1. The third-order valence-corrected chi connectivity index (χ3v) is 3.11. The minimum atomic E-state index is 0.0505. The Hall–Kier alpha value is -2.67. The van der Waals surface area contributed by atoms with Crippen molar-refractivity contribution in [2.45, 2.75) is 13.0 Å². The number of nitrogens with one attached hydrogen (secondary N) is 1. The highest BCUT2D eigenvalue weighted by molar-refractivity contribution is 5.50. The van der Waals surface area contributed by atoms with E-state index in [-0.39, 0.29) is 12.6 Å². The second-order valence-corrected chi connectivity index (χ2v) is 4.62. The average molecular weight is 282 g/mol. The minimum Gasteiger partial charge on any atom is -0.497 e. The topological polar surface area (TPSA) is 54.3 Å². The number of hydrogen-bond acceptors (Lipinski definition) is 4. The van der Waals surface area contributed by atoms with Crippen LogP contribution in [0.15, 0.2) is 48.5 Å². The lowest BCUT2D eigenvalue weighted by Gasteiger charge is -2.17. The van der Waals surface area contributed by atoms with E-state index in [4.69, 9.17) is 14.7 Å². The smallest absolute Gasteiger partial charge is 0.174 e. The van der Waals surface area contributed by atoms with Gasteiger partial charge in [-0.05, 0) is 36.8 Å². The van der Waals surface area contributed by atoms with Crippen molar-refractivity contribution in [2.75, 3.05) is 19.0 Å². The summed E-state index contributed by atoms with van der Waals surface area (Å²) in [4.78, 5) is 0. The lowest BCUT2D eigenvalue weighted by atomic mass is 10.1. The Morgan fingerprint density at radius 1 is 1.14 bits per heavy atom. The number of anilines is 1. The van der Waals surface area contributed by atoms with Gasteiger partial charge in [0.1, 0.15) is 17.6 Å². The van der Waals surface area contributed by atoms with E-state index in [0.29, 0.717) is 5.75 Å². The van der Waals surface area contributed by atoms with Crippen molar-refractivity contribution in [1.29, 1.82) is 5.26 Å². The standard InChI is InChI=1S/C17H18N2O2/c1-13(14-5-3-7-16(11-14)20-2)19-15-6-4-8-17(12-15)21-10-9-18/h3-8,11-13,19H,10H2,1-2H3. The molecular weight excluding hydrogens is 264 g/mol. The number of ether oxygens (including phenoxy) is 2. The Labute approximate surface area is 124 Å². The van der Waals surface area contributed by atoms with Crippen LogP contribution in [-0.4, -0.2) is 13.7 Å². The minimum absolute atomic E-state index is 0.0505. The van der Waals surface area contributed by atoms with E-state index in [1.165, 1.54) is 0 Å². The van der Waals surface area contributed by atoms with Gasteiger partial charge < -0.3 is 14.8 Å². The van der Waals surface area contributed by atoms with Crippen LogP contribution in [0.25, 0.3) is 0 Å². The van der Waals surface area contributed by atoms with Crippen molar-refractivity contribution < 1.29 is 9.47 Å². The molecule has 0 radical (unpaired) electrons. The second-order valence-electron chi connectivity index (χ2n) is 4.62. The normalized spacial score (nSPS) is 11.3. The molecular formula is C17H18N2O2. The summed E-state index contributed by atoms with van der Waals surface area (Å²) in [6, 6.07) is 17.6. The van der Waals surface area contributed by atoms with Gasteiger partial charge in [-0.2, -0.15) is 5.26 Å². The van der Waals surface area contributed by atoms with Gasteiger partial charge in [-0.3, -0.25) is 0 Å². The van der Waals surface area contributed by atoms with Crippen LogP contribution >= 0.6 is 0 Å². The molecule has 1 unspecified atom stereocenters. The Kier molecular flexibility index (Phi) is 5.05. The molecule has 1 atom stereocenters. The maximum Gasteiger partial charge on any atom is 0.174 e. The number of rotatable bonds is 6. The number of hydrogen-bond donors (Lipinski definition) is 1. The third kappa shape index (κ3) is 4.15. The highest BCUT2D eigenvalue weighted by atomic mass is 16.5. The highest BCUT2D eigenvalue weighted by Gasteiger charge is 2.07. The van der Waals surface area contributed by atoms with Crippen LogP contribution in [0.3, 0.4) is 0 Å². The predicted molar refractivity (Wildman–Crippen MR) is 82.6 cm³/mol. The lowest BCUT2D eigenvalue weighted by Crippen LogP contribution is -2.07. The average Bonchev–Trinajstić information content (AvgIpc) is 2.53. The predicted octanol–water partition coefficient (Wildman–Crippen LogP) is 3.77. The molecule has 0 bridgehead atoms. The molecule has 0 heterocycles. The van der Waals surface area contributed by atoms with E-state index < -0.39 is 0 Å². The lowest BCUT2D eigenvalue weighted by molar-refractivity contribution is 0.368. The van der Waals surface area contributed by atoms with Crippen molar-refractivity contribution in [3.05, 3.63) is 54.1 Å². The summed E-state index contributed by atoms with van der Waals surface area (Å²) in [5.41, 5.74) is 2.08. The first-order valence-electron chi connectivity index (χ1n) is 6.73. The largest absolute Gasteiger partial charge is 0.497 e.